The third kappa shape index (κ3) is 4.78. The molecule has 0 atom stereocenters. The number of nitrogens with zero attached hydrogens (tertiary/aromatic N) is 1. The molecule has 35 heavy (non-hydrogen) atoms. The molecule has 0 aliphatic heterocycles. The van der Waals surface area contributed by atoms with Gasteiger partial charge in [-0.25, -0.2) is 9.78 Å². The number of nitrogens with one attached hydrogen (secondary N) is 1. The van der Waals surface area contributed by atoms with Crippen molar-refractivity contribution in [2.24, 2.45) is 0 Å². The average molecular weight is 505 g/mol. The highest BCUT2D eigenvalue weighted by molar-refractivity contribution is 7.10. The molecule has 5 rings (SSSR count). The molecule has 8 heteroatoms. The van der Waals surface area contributed by atoms with Gasteiger partial charge in [0.05, 0.1) is 29.6 Å². The molecule has 2 heterocycles. The molecule has 176 valence electrons. The first-order valence-electron chi connectivity index (χ1n) is 11.0. The summed E-state index contributed by atoms with van der Waals surface area (Å²) in [7, 11) is 1.50. The molecule has 1 aliphatic carbocycles. The van der Waals surface area contributed by atoms with Gasteiger partial charge in [-0.15, -0.1) is 11.3 Å². The number of anilines is 1. The summed E-state index contributed by atoms with van der Waals surface area (Å²) in [6, 6.07) is 16.4. The van der Waals surface area contributed by atoms with E-state index in [1.165, 1.54) is 7.11 Å². The number of hydrogen-bond donors (Lipinski definition) is 1. The number of carbonyl (C=O) groups excluding carboxylic acids is 2. The highest BCUT2D eigenvalue weighted by Gasteiger charge is 2.28. The van der Waals surface area contributed by atoms with Crippen LogP contribution in [-0.2, 0) is 16.0 Å². The lowest BCUT2D eigenvalue weighted by atomic mass is 10.0. The predicted molar refractivity (Wildman–Crippen MR) is 139 cm³/mol. The molecular weight excluding hydrogens is 484 g/mol. The molecule has 2 aromatic carbocycles. The molecule has 1 N–H and O–H groups in total. The summed E-state index contributed by atoms with van der Waals surface area (Å²) in [5.41, 5.74) is 4.34. The second kappa shape index (κ2) is 9.90. The van der Waals surface area contributed by atoms with Crippen molar-refractivity contribution in [2.75, 3.05) is 19.0 Å². The molecule has 0 radical (unpaired) electrons. The van der Waals surface area contributed by atoms with Crippen LogP contribution < -0.4 is 10.1 Å². The first kappa shape index (κ1) is 23.1. The van der Waals surface area contributed by atoms with Gasteiger partial charge in [0.15, 0.2) is 6.61 Å². The first-order valence-corrected chi connectivity index (χ1v) is 12.3. The number of thiophene rings is 1. The summed E-state index contributed by atoms with van der Waals surface area (Å²) in [6.07, 6.45) is 3.59. The topological polar surface area (TPSA) is 77.5 Å². The fraction of sp³-hybridized carbons (Fsp3) is 0.148. The van der Waals surface area contributed by atoms with E-state index in [0.717, 1.165) is 28.1 Å². The number of ether oxygens (including phenoxy) is 2. The minimum absolute atomic E-state index is 0.402. The molecule has 6 nitrogen and oxygen atoms in total. The van der Waals surface area contributed by atoms with Gasteiger partial charge in [-0.3, -0.25) is 4.79 Å². The number of aromatic nitrogens is 1. The smallest absolute Gasteiger partial charge is 0.339 e. The zero-order valence-electron chi connectivity index (χ0n) is 18.8. The van der Waals surface area contributed by atoms with E-state index in [0.29, 0.717) is 39.3 Å². The Hall–Kier alpha value is -3.68. The van der Waals surface area contributed by atoms with E-state index in [4.69, 9.17) is 26.1 Å². The van der Waals surface area contributed by atoms with Gasteiger partial charge in [0.25, 0.3) is 5.91 Å². The van der Waals surface area contributed by atoms with E-state index < -0.39 is 18.5 Å². The number of hydrogen-bond acceptors (Lipinski definition) is 6. The Bertz CT molecular complexity index is 1460. The van der Waals surface area contributed by atoms with Crippen LogP contribution in [0.2, 0.25) is 5.02 Å². The molecule has 0 saturated carbocycles. The summed E-state index contributed by atoms with van der Waals surface area (Å²) < 4.78 is 10.7. The van der Waals surface area contributed by atoms with E-state index in [-0.39, 0.29) is 0 Å². The number of allylic oxidation sites excluding steroid dienone is 1. The number of halogens is 1. The van der Waals surface area contributed by atoms with Crippen LogP contribution in [0.1, 0.15) is 32.9 Å². The predicted octanol–water partition coefficient (Wildman–Crippen LogP) is 6.24. The Kier molecular flexibility index (Phi) is 6.53. The number of para-hydroxylation sites is 1. The number of rotatable bonds is 6. The monoisotopic (exact) mass is 504 g/mol. The lowest BCUT2D eigenvalue weighted by molar-refractivity contribution is -0.119. The van der Waals surface area contributed by atoms with E-state index in [1.807, 2.05) is 35.7 Å². The fourth-order valence-electron chi connectivity index (χ4n) is 4.22. The van der Waals surface area contributed by atoms with Gasteiger partial charge in [-0.2, -0.15) is 0 Å². The maximum absolute atomic E-state index is 13.3. The highest BCUT2D eigenvalue weighted by atomic mass is 35.5. The number of fused-ring (bicyclic) bond motifs is 2. The van der Waals surface area contributed by atoms with E-state index in [9.17, 15) is 9.59 Å². The van der Waals surface area contributed by atoms with Crippen LogP contribution in [0, 0.1) is 0 Å². The summed E-state index contributed by atoms with van der Waals surface area (Å²) in [4.78, 5) is 31.8. The Morgan fingerprint density at radius 3 is 2.80 bits per heavy atom. The summed E-state index contributed by atoms with van der Waals surface area (Å²) in [5, 5.41) is 5.88. The molecule has 4 aromatic rings. The molecule has 1 amide bonds. The van der Waals surface area contributed by atoms with Crippen molar-refractivity contribution in [3.05, 3.63) is 86.7 Å². The van der Waals surface area contributed by atoms with Crippen LogP contribution in [0.5, 0.6) is 5.75 Å². The fourth-order valence-corrected chi connectivity index (χ4v) is 5.08. The zero-order chi connectivity index (χ0) is 24.4. The van der Waals surface area contributed by atoms with Crippen molar-refractivity contribution in [3.8, 4) is 5.75 Å². The molecule has 0 saturated heterocycles. The van der Waals surface area contributed by atoms with Crippen molar-refractivity contribution in [1.29, 1.82) is 0 Å². The second-order valence-electron chi connectivity index (χ2n) is 7.99. The van der Waals surface area contributed by atoms with Gasteiger partial charge in [-0.1, -0.05) is 35.9 Å². The van der Waals surface area contributed by atoms with Gasteiger partial charge in [0.1, 0.15) is 5.75 Å². The van der Waals surface area contributed by atoms with Crippen LogP contribution >= 0.6 is 22.9 Å². The first-order chi connectivity index (χ1) is 17.0. The van der Waals surface area contributed by atoms with Gasteiger partial charge in [0, 0.05) is 15.3 Å². The number of esters is 1. The Morgan fingerprint density at radius 1 is 1.14 bits per heavy atom. The van der Waals surface area contributed by atoms with Gasteiger partial charge >= 0.3 is 5.97 Å². The minimum Gasteiger partial charge on any atom is -0.495 e. The molecule has 0 fully saturated rings. The molecule has 0 spiro atoms. The van der Waals surface area contributed by atoms with Crippen molar-refractivity contribution in [1.82, 2.24) is 4.98 Å². The van der Waals surface area contributed by atoms with E-state index in [1.54, 1.807) is 29.5 Å². The standard InChI is InChI=1S/C27H21ClN2O4S/c1-33-23-11-9-17(28)14-22(23)29-24(31)15-34-27(32)25-19-6-2-3-7-21(19)30-26-16(8-10-20(25)26)13-18-5-4-12-35-18/h2-7,9,11-14H,8,10,15H2,1H3,(H,29,31)/b16-13-. The number of benzene rings is 2. The van der Waals surface area contributed by atoms with Crippen molar-refractivity contribution in [3.63, 3.8) is 0 Å². The van der Waals surface area contributed by atoms with Crippen LogP contribution in [0.3, 0.4) is 0 Å². The van der Waals surface area contributed by atoms with Crippen LogP contribution in [0.25, 0.3) is 22.6 Å². The third-order valence-corrected chi connectivity index (χ3v) is 6.83. The van der Waals surface area contributed by atoms with Crippen LogP contribution in [0.15, 0.2) is 60.0 Å². The largest absolute Gasteiger partial charge is 0.495 e. The number of methoxy groups -OCH3 is 1. The second-order valence-corrected chi connectivity index (χ2v) is 9.40. The normalized spacial score (nSPS) is 13.6. The number of pyridine rings is 1. The van der Waals surface area contributed by atoms with Gasteiger partial charge < -0.3 is 14.8 Å². The molecule has 0 unspecified atom stereocenters. The summed E-state index contributed by atoms with van der Waals surface area (Å²) >= 11 is 7.69. The maximum atomic E-state index is 13.3. The quantitative estimate of drug-likeness (QED) is 0.314. The summed E-state index contributed by atoms with van der Waals surface area (Å²) in [5.74, 6) is -0.588. The average Bonchev–Trinajstić information content (AvgIpc) is 3.52. The van der Waals surface area contributed by atoms with Crippen LogP contribution in [0.4, 0.5) is 5.69 Å². The van der Waals surface area contributed by atoms with Gasteiger partial charge in [-0.05, 0) is 65.8 Å². The number of amides is 1. The summed E-state index contributed by atoms with van der Waals surface area (Å²) in [6.45, 7) is -0.447. The molecular formula is C27H21ClN2O4S. The minimum atomic E-state index is -0.551. The van der Waals surface area contributed by atoms with Gasteiger partial charge in [0.2, 0.25) is 0 Å². The Morgan fingerprint density at radius 2 is 2.00 bits per heavy atom. The third-order valence-electron chi connectivity index (χ3n) is 5.78. The molecule has 1 aliphatic rings. The Balaban J connectivity index is 1.41. The number of carbonyl (C=O) groups is 2. The highest BCUT2D eigenvalue weighted by Crippen LogP contribution is 2.38. The maximum Gasteiger partial charge on any atom is 0.339 e. The zero-order valence-corrected chi connectivity index (χ0v) is 20.4. The molecule has 2 aromatic heterocycles. The van der Waals surface area contributed by atoms with E-state index in [2.05, 4.69) is 17.5 Å². The Labute approximate surface area is 211 Å². The van der Waals surface area contributed by atoms with Crippen LogP contribution in [-0.4, -0.2) is 30.6 Å². The SMILES string of the molecule is COc1ccc(Cl)cc1NC(=O)COC(=O)c1c2c(nc3ccccc13)/C(=C\c1cccs1)CC2. The van der Waals surface area contributed by atoms with Crippen molar-refractivity contribution < 1.29 is 19.1 Å². The lowest BCUT2D eigenvalue weighted by Gasteiger charge is -2.13. The lowest BCUT2D eigenvalue weighted by Crippen LogP contribution is -2.22. The van der Waals surface area contributed by atoms with Crippen molar-refractivity contribution >= 4 is 63.1 Å². The van der Waals surface area contributed by atoms with E-state index >= 15 is 0 Å². The van der Waals surface area contributed by atoms with Crippen molar-refractivity contribution in [2.45, 2.75) is 12.8 Å². The molecule has 0 bridgehead atoms.